The quantitative estimate of drug-likeness (QED) is 0.874. The molecule has 5 nitrogen and oxygen atoms in total. The first-order valence-corrected chi connectivity index (χ1v) is 7.79. The van der Waals surface area contributed by atoms with Crippen molar-refractivity contribution in [3.63, 3.8) is 0 Å². The summed E-state index contributed by atoms with van der Waals surface area (Å²) in [5, 5.41) is 2.82. The van der Waals surface area contributed by atoms with Crippen LogP contribution in [0.1, 0.15) is 18.4 Å². The van der Waals surface area contributed by atoms with Crippen molar-refractivity contribution >= 4 is 11.6 Å². The zero-order valence-corrected chi connectivity index (χ0v) is 12.7. The molecule has 0 radical (unpaired) electrons. The van der Waals surface area contributed by atoms with Gasteiger partial charge in [-0.2, -0.15) is 4.98 Å². The maximum atomic E-state index is 13.7. The number of aromatic nitrogens is 2. The van der Waals surface area contributed by atoms with Crippen molar-refractivity contribution in [3.8, 4) is 0 Å². The molecule has 0 amide bonds. The van der Waals surface area contributed by atoms with Crippen molar-refractivity contribution in [1.82, 2.24) is 9.55 Å². The molecule has 126 valence electrons. The topological polar surface area (TPSA) is 50.2 Å². The van der Waals surface area contributed by atoms with E-state index in [1.165, 1.54) is 0 Å². The minimum absolute atomic E-state index is 0.0321. The highest BCUT2D eigenvalue weighted by molar-refractivity contribution is 5.53. The van der Waals surface area contributed by atoms with Crippen LogP contribution in [0.15, 0.2) is 23.0 Å². The fourth-order valence-corrected chi connectivity index (χ4v) is 3.42. The van der Waals surface area contributed by atoms with Crippen LogP contribution in [0.3, 0.4) is 0 Å². The SMILES string of the molecule is O=c1nc(NCc2cc(F)c(F)cc2F)cc2n1C[C@@H]1CCCN21. The standard InChI is InChI=1S/C16H15F3N4O/c17-11-5-13(19)12(18)4-9(11)7-20-14-6-15-22-3-1-2-10(22)8-23(15)16(24)21-14/h4-6,10H,1-3,7-8H2,(H,20,21,24)/t10-/m0/s1. The van der Waals surface area contributed by atoms with Gasteiger partial charge in [0.25, 0.3) is 0 Å². The zero-order chi connectivity index (χ0) is 16.8. The lowest BCUT2D eigenvalue weighted by Crippen LogP contribution is -2.24. The van der Waals surface area contributed by atoms with E-state index in [9.17, 15) is 18.0 Å². The second-order valence-corrected chi connectivity index (χ2v) is 6.09. The number of anilines is 2. The third kappa shape index (κ3) is 2.42. The molecule has 1 aromatic carbocycles. The molecule has 1 atom stereocenters. The maximum Gasteiger partial charge on any atom is 0.351 e. The van der Waals surface area contributed by atoms with Crippen LogP contribution in [-0.4, -0.2) is 22.1 Å². The number of halogens is 3. The van der Waals surface area contributed by atoms with Gasteiger partial charge in [-0.3, -0.25) is 4.57 Å². The fourth-order valence-electron chi connectivity index (χ4n) is 3.42. The smallest absolute Gasteiger partial charge is 0.351 e. The van der Waals surface area contributed by atoms with Gasteiger partial charge < -0.3 is 10.2 Å². The highest BCUT2D eigenvalue weighted by Gasteiger charge is 2.34. The van der Waals surface area contributed by atoms with E-state index in [0.717, 1.165) is 31.3 Å². The van der Waals surface area contributed by atoms with Gasteiger partial charge in [0.15, 0.2) is 11.6 Å². The van der Waals surface area contributed by atoms with Gasteiger partial charge in [0.05, 0.1) is 0 Å². The third-order valence-corrected chi connectivity index (χ3v) is 4.60. The number of benzene rings is 1. The number of nitrogens with one attached hydrogen (secondary N) is 1. The van der Waals surface area contributed by atoms with Crippen molar-refractivity contribution in [2.75, 3.05) is 16.8 Å². The molecule has 3 heterocycles. The molecule has 0 unspecified atom stereocenters. The molecule has 2 aromatic rings. The molecule has 0 saturated carbocycles. The molecule has 0 aliphatic carbocycles. The molecule has 24 heavy (non-hydrogen) atoms. The van der Waals surface area contributed by atoms with E-state index in [1.54, 1.807) is 10.6 Å². The van der Waals surface area contributed by atoms with Gasteiger partial charge in [-0.15, -0.1) is 0 Å². The molecular weight excluding hydrogens is 321 g/mol. The summed E-state index contributed by atoms with van der Waals surface area (Å²) in [7, 11) is 0. The van der Waals surface area contributed by atoms with Crippen molar-refractivity contribution in [3.05, 3.63) is 51.7 Å². The van der Waals surface area contributed by atoms with Crippen molar-refractivity contribution in [1.29, 1.82) is 0 Å². The summed E-state index contributed by atoms with van der Waals surface area (Å²) in [4.78, 5) is 18.3. The van der Waals surface area contributed by atoms with E-state index >= 15 is 0 Å². The zero-order valence-electron chi connectivity index (χ0n) is 12.7. The molecule has 1 N–H and O–H groups in total. The minimum Gasteiger partial charge on any atom is -0.366 e. The first kappa shape index (κ1) is 15.0. The molecule has 0 spiro atoms. The van der Waals surface area contributed by atoms with E-state index in [1.807, 2.05) is 0 Å². The van der Waals surface area contributed by atoms with Crippen LogP contribution < -0.4 is 15.9 Å². The van der Waals surface area contributed by atoms with Crippen LogP contribution >= 0.6 is 0 Å². The van der Waals surface area contributed by atoms with Gasteiger partial charge >= 0.3 is 5.69 Å². The predicted octanol–water partition coefficient (Wildman–Crippen LogP) is 2.26. The molecule has 8 heteroatoms. The van der Waals surface area contributed by atoms with E-state index in [4.69, 9.17) is 0 Å². The largest absolute Gasteiger partial charge is 0.366 e. The summed E-state index contributed by atoms with van der Waals surface area (Å²) >= 11 is 0. The van der Waals surface area contributed by atoms with Crippen LogP contribution in [0.4, 0.5) is 24.8 Å². The van der Waals surface area contributed by atoms with Crippen molar-refractivity contribution < 1.29 is 13.2 Å². The molecule has 1 saturated heterocycles. The summed E-state index contributed by atoms with van der Waals surface area (Å²) < 4.78 is 41.5. The molecule has 1 fully saturated rings. The fraction of sp³-hybridized carbons (Fsp3) is 0.375. The summed E-state index contributed by atoms with van der Waals surface area (Å²) in [5.74, 6) is -2.10. The van der Waals surface area contributed by atoms with Gasteiger partial charge in [-0.25, -0.2) is 18.0 Å². The summed E-state index contributed by atoms with van der Waals surface area (Å²) in [6.45, 7) is 1.44. The first-order chi connectivity index (χ1) is 11.5. The molecule has 2 aliphatic rings. The van der Waals surface area contributed by atoms with Crippen LogP contribution in [0.25, 0.3) is 0 Å². The number of nitrogens with zero attached hydrogens (tertiary/aromatic N) is 3. The Hall–Kier alpha value is -2.51. The Labute approximate surface area is 135 Å². The number of hydrogen-bond donors (Lipinski definition) is 1. The summed E-state index contributed by atoms with van der Waals surface area (Å²) in [6, 6.07) is 3.38. The second kappa shape index (κ2) is 5.54. The average Bonchev–Trinajstić information content (AvgIpc) is 3.12. The average molecular weight is 336 g/mol. The molecule has 2 aliphatic heterocycles. The maximum absolute atomic E-state index is 13.7. The Morgan fingerprint density at radius 2 is 1.96 bits per heavy atom. The Morgan fingerprint density at radius 3 is 2.79 bits per heavy atom. The lowest BCUT2D eigenvalue weighted by atomic mass is 10.2. The molecule has 1 aromatic heterocycles. The Morgan fingerprint density at radius 1 is 1.17 bits per heavy atom. The lowest BCUT2D eigenvalue weighted by molar-refractivity contribution is 0.490. The van der Waals surface area contributed by atoms with Crippen molar-refractivity contribution in [2.45, 2.75) is 32.0 Å². The number of hydrogen-bond acceptors (Lipinski definition) is 4. The first-order valence-electron chi connectivity index (χ1n) is 7.79. The number of fused-ring (bicyclic) bond motifs is 3. The lowest BCUT2D eigenvalue weighted by Gasteiger charge is -2.17. The van der Waals surface area contributed by atoms with E-state index < -0.39 is 17.5 Å². The predicted molar refractivity (Wildman–Crippen MR) is 82.5 cm³/mol. The van der Waals surface area contributed by atoms with Crippen LogP contribution in [0, 0.1) is 17.5 Å². The molecular formula is C16H15F3N4O. The molecule has 0 bridgehead atoms. The highest BCUT2D eigenvalue weighted by Crippen LogP contribution is 2.32. The molecule has 4 rings (SSSR count). The van der Waals surface area contributed by atoms with Gasteiger partial charge in [0, 0.05) is 43.4 Å². The van der Waals surface area contributed by atoms with E-state index in [-0.39, 0.29) is 17.8 Å². The van der Waals surface area contributed by atoms with Gasteiger partial charge in [-0.1, -0.05) is 0 Å². The second-order valence-electron chi connectivity index (χ2n) is 6.09. The van der Waals surface area contributed by atoms with Crippen molar-refractivity contribution in [2.24, 2.45) is 0 Å². The van der Waals surface area contributed by atoms with E-state index in [2.05, 4.69) is 15.2 Å². The van der Waals surface area contributed by atoms with Crippen LogP contribution in [-0.2, 0) is 13.1 Å². The summed E-state index contributed by atoms with van der Waals surface area (Å²) in [6.07, 6.45) is 2.13. The Balaban J connectivity index is 1.58. The third-order valence-electron chi connectivity index (χ3n) is 4.60. The summed E-state index contributed by atoms with van der Waals surface area (Å²) in [5.41, 5.74) is -0.398. The Bertz CT molecular complexity index is 867. The number of rotatable bonds is 3. The highest BCUT2D eigenvalue weighted by atomic mass is 19.2. The van der Waals surface area contributed by atoms with E-state index in [0.29, 0.717) is 24.5 Å². The van der Waals surface area contributed by atoms with Crippen LogP contribution in [0.5, 0.6) is 0 Å². The van der Waals surface area contributed by atoms with Gasteiger partial charge in [-0.05, 0) is 18.9 Å². The Kier molecular flexibility index (Phi) is 3.47. The monoisotopic (exact) mass is 336 g/mol. The minimum atomic E-state index is -1.23. The van der Waals surface area contributed by atoms with Crippen LogP contribution in [0.2, 0.25) is 0 Å². The van der Waals surface area contributed by atoms with Gasteiger partial charge in [0.1, 0.15) is 17.5 Å². The normalized spacial score (nSPS) is 18.6. The van der Waals surface area contributed by atoms with Gasteiger partial charge in [0.2, 0.25) is 0 Å².